The first-order chi connectivity index (χ1) is 6.91. The lowest BCUT2D eigenvalue weighted by molar-refractivity contribution is -0.384. The highest BCUT2D eigenvalue weighted by Crippen LogP contribution is 2.25. The third-order valence-electron chi connectivity index (χ3n) is 2.17. The number of carbonyl (C=O) groups excluding carboxylic acids is 1. The molecule has 0 saturated heterocycles. The maximum absolute atomic E-state index is 10.9. The van der Waals surface area contributed by atoms with Gasteiger partial charge in [0.15, 0.2) is 0 Å². The first kappa shape index (κ1) is 11.2. The van der Waals surface area contributed by atoms with E-state index in [0.29, 0.717) is 5.69 Å². The summed E-state index contributed by atoms with van der Waals surface area (Å²) in [6, 6.07) is 2.85. The lowest BCUT2D eigenvalue weighted by Crippen LogP contribution is -2.08. The smallest absolute Gasteiger partial charge is 0.271 e. The molecule has 5 nitrogen and oxygen atoms in total. The third-order valence-corrected chi connectivity index (χ3v) is 2.17. The molecule has 15 heavy (non-hydrogen) atoms. The van der Waals surface area contributed by atoms with Gasteiger partial charge in [0.25, 0.3) is 5.69 Å². The highest BCUT2D eigenvalue weighted by atomic mass is 16.6. The van der Waals surface area contributed by atoms with E-state index >= 15 is 0 Å². The quantitative estimate of drug-likeness (QED) is 0.598. The Hall–Kier alpha value is -1.91. The van der Waals surface area contributed by atoms with Crippen LogP contribution in [0.3, 0.4) is 0 Å². The van der Waals surface area contributed by atoms with Crippen LogP contribution in [0.4, 0.5) is 11.4 Å². The van der Waals surface area contributed by atoms with Gasteiger partial charge in [0.1, 0.15) is 0 Å². The monoisotopic (exact) mass is 208 g/mol. The minimum absolute atomic E-state index is 0.0122. The van der Waals surface area contributed by atoms with Gasteiger partial charge < -0.3 is 5.32 Å². The van der Waals surface area contributed by atoms with E-state index < -0.39 is 4.92 Å². The van der Waals surface area contributed by atoms with E-state index in [4.69, 9.17) is 0 Å². The Kier molecular flexibility index (Phi) is 3.04. The topological polar surface area (TPSA) is 72.2 Å². The van der Waals surface area contributed by atoms with Gasteiger partial charge in [0.2, 0.25) is 5.91 Å². The normalized spacial score (nSPS) is 9.80. The molecule has 0 aliphatic carbocycles. The molecule has 0 unspecified atom stereocenters. The molecule has 0 atom stereocenters. The van der Waals surface area contributed by atoms with E-state index in [0.717, 1.165) is 11.1 Å². The van der Waals surface area contributed by atoms with Gasteiger partial charge in [-0.05, 0) is 25.0 Å². The average Bonchev–Trinajstić information content (AvgIpc) is 2.11. The van der Waals surface area contributed by atoms with Crippen LogP contribution in [0.15, 0.2) is 12.1 Å². The van der Waals surface area contributed by atoms with Crippen LogP contribution >= 0.6 is 0 Å². The molecular weight excluding hydrogens is 196 g/mol. The molecule has 0 radical (unpaired) electrons. The average molecular weight is 208 g/mol. The van der Waals surface area contributed by atoms with Gasteiger partial charge in [-0.3, -0.25) is 14.9 Å². The van der Waals surface area contributed by atoms with Gasteiger partial charge in [-0.1, -0.05) is 0 Å². The Labute approximate surface area is 87.3 Å². The van der Waals surface area contributed by atoms with Crippen molar-refractivity contribution < 1.29 is 9.72 Å². The molecule has 0 saturated carbocycles. The summed E-state index contributed by atoms with van der Waals surface area (Å²) in [7, 11) is 0. The third kappa shape index (κ3) is 2.52. The predicted octanol–water partition coefficient (Wildman–Crippen LogP) is 2.17. The number of non-ortho nitro benzene ring substituents is 1. The lowest BCUT2D eigenvalue weighted by atomic mass is 10.1. The summed E-state index contributed by atoms with van der Waals surface area (Å²) >= 11 is 0. The Morgan fingerprint density at radius 1 is 1.40 bits per heavy atom. The van der Waals surface area contributed by atoms with Crippen molar-refractivity contribution in [3.05, 3.63) is 33.4 Å². The largest absolute Gasteiger partial charge is 0.326 e. The number of hydrogen-bond acceptors (Lipinski definition) is 3. The van der Waals surface area contributed by atoms with Gasteiger partial charge in [0, 0.05) is 19.1 Å². The molecule has 0 aromatic heterocycles. The molecule has 0 aliphatic rings. The van der Waals surface area contributed by atoms with Crippen LogP contribution in [0, 0.1) is 24.0 Å². The zero-order chi connectivity index (χ0) is 11.6. The van der Waals surface area contributed by atoms with Crippen molar-refractivity contribution in [1.29, 1.82) is 0 Å². The molecule has 0 fully saturated rings. The zero-order valence-corrected chi connectivity index (χ0v) is 8.83. The molecule has 0 spiro atoms. The number of nitrogens with zero attached hydrogens (tertiary/aromatic N) is 1. The Morgan fingerprint density at radius 2 is 2.00 bits per heavy atom. The van der Waals surface area contributed by atoms with Crippen LogP contribution in [0.1, 0.15) is 18.1 Å². The molecule has 1 aromatic rings. The maximum atomic E-state index is 10.9. The number of aryl methyl sites for hydroxylation is 1. The number of nitrogens with one attached hydrogen (secondary N) is 1. The molecular formula is C10H12N2O3. The van der Waals surface area contributed by atoms with E-state index in [1.165, 1.54) is 19.1 Å². The summed E-state index contributed by atoms with van der Waals surface area (Å²) in [6.07, 6.45) is 0. The van der Waals surface area contributed by atoms with Gasteiger partial charge in [-0.15, -0.1) is 0 Å². The summed E-state index contributed by atoms with van der Waals surface area (Å²) in [5.41, 5.74) is 2.11. The minimum Gasteiger partial charge on any atom is -0.326 e. The zero-order valence-electron chi connectivity index (χ0n) is 8.83. The Morgan fingerprint density at radius 3 is 2.47 bits per heavy atom. The highest BCUT2D eigenvalue weighted by molar-refractivity contribution is 5.90. The molecule has 1 amide bonds. The minimum atomic E-state index is -0.474. The lowest BCUT2D eigenvalue weighted by Gasteiger charge is -2.08. The predicted molar refractivity (Wildman–Crippen MR) is 56.9 cm³/mol. The number of benzene rings is 1. The molecule has 1 N–H and O–H groups in total. The summed E-state index contributed by atoms with van der Waals surface area (Å²) < 4.78 is 0. The van der Waals surface area contributed by atoms with Gasteiger partial charge in [0.05, 0.1) is 10.6 Å². The van der Waals surface area contributed by atoms with Crippen molar-refractivity contribution in [3.63, 3.8) is 0 Å². The summed E-state index contributed by atoms with van der Waals surface area (Å²) in [5, 5.41) is 13.2. The van der Waals surface area contributed by atoms with Crippen molar-refractivity contribution in [1.82, 2.24) is 0 Å². The molecule has 5 heteroatoms. The van der Waals surface area contributed by atoms with E-state index in [-0.39, 0.29) is 11.6 Å². The standard InChI is InChI=1S/C10H12N2O3/c1-6-4-9(12(14)15)5-10(7(6)2)11-8(3)13/h4-5H,1-3H3,(H,11,13). The first-order valence-electron chi connectivity index (χ1n) is 4.45. The second kappa shape index (κ2) is 4.08. The van der Waals surface area contributed by atoms with Crippen molar-refractivity contribution in [2.45, 2.75) is 20.8 Å². The highest BCUT2D eigenvalue weighted by Gasteiger charge is 2.12. The molecule has 0 aliphatic heterocycles. The SMILES string of the molecule is CC(=O)Nc1cc([N+](=O)[O-])cc(C)c1C. The van der Waals surface area contributed by atoms with E-state index in [9.17, 15) is 14.9 Å². The number of anilines is 1. The van der Waals surface area contributed by atoms with Gasteiger partial charge in [-0.25, -0.2) is 0 Å². The molecule has 0 bridgehead atoms. The summed E-state index contributed by atoms with van der Waals surface area (Å²) in [4.78, 5) is 21.0. The Bertz CT molecular complexity index is 427. The van der Waals surface area contributed by atoms with E-state index in [2.05, 4.69) is 5.32 Å². The van der Waals surface area contributed by atoms with Crippen LogP contribution in [-0.4, -0.2) is 10.8 Å². The van der Waals surface area contributed by atoms with Crippen molar-refractivity contribution >= 4 is 17.3 Å². The fraction of sp³-hybridized carbons (Fsp3) is 0.300. The van der Waals surface area contributed by atoms with Crippen LogP contribution in [0.2, 0.25) is 0 Å². The Balaban J connectivity index is 3.24. The van der Waals surface area contributed by atoms with Crippen molar-refractivity contribution in [2.75, 3.05) is 5.32 Å². The van der Waals surface area contributed by atoms with Crippen LogP contribution in [0.25, 0.3) is 0 Å². The fourth-order valence-electron chi connectivity index (χ4n) is 1.27. The van der Waals surface area contributed by atoms with Crippen LogP contribution in [-0.2, 0) is 4.79 Å². The molecule has 1 aromatic carbocycles. The van der Waals surface area contributed by atoms with Crippen LogP contribution < -0.4 is 5.32 Å². The molecule has 1 rings (SSSR count). The van der Waals surface area contributed by atoms with Crippen LogP contribution in [0.5, 0.6) is 0 Å². The van der Waals surface area contributed by atoms with Crippen molar-refractivity contribution in [2.24, 2.45) is 0 Å². The summed E-state index contributed by atoms with van der Waals surface area (Å²) in [5.74, 6) is -0.238. The number of hydrogen-bond donors (Lipinski definition) is 1. The summed E-state index contributed by atoms with van der Waals surface area (Å²) in [6.45, 7) is 4.95. The van der Waals surface area contributed by atoms with Gasteiger partial charge in [-0.2, -0.15) is 0 Å². The van der Waals surface area contributed by atoms with Gasteiger partial charge >= 0.3 is 0 Å². The molecule has 80 valence electrons. The fourth-order valence-corrected chi connectivity index (χ4v) is 1.27. The number of carbonyl (C=O) groups is 1. The van der Waals surface area contributed by atoms with E-state index in [1.54, 1.807) is 6.92 Å². The molecule has 0 heterocycles. The number of rotatable bonds is 2. The van der Waals surface area contributed by atoms with Crippen molar-refractivity contribution in [3.8, 4) is 0 Å². The second-order valence-electron chi connectivity index (χ2n) is 3.37. The second-order valence-corrected chi connectivity index (χ2v) is 3.37. The number of nitro benzene ring substituents is 1. The first-order valence-corrected chi connectivity index (χ1v) is 4.45. The number of nitro groups is 1. The maximum Gasteiger partial charge on any atom is 0.271 e. The number of amides is 1. The van der Waals surface area contributed by atoms with E-state index in [1.807, 2.05) is 6.92 Å².